The summed E-state index contributed by atoms with van der Waals surface area (Å²) in [5, 5.41) is 1.09. The number of nitrogens with zero attached hydrogens (tertiary/aromatic N) is 5. The lowest BCUT2D eigenvalue weighted by Crippen LogP contribution is -2.35. The zero-order valence-electron chi connectivity index (χ0n) is 34.9. The molecule has 0 aromatic carbocycles. The predicted octanol–water partition coefficient (Wildman–Crippen LogP) is 9.25. The average Bonchev–Trinajstić information content (AvgIpc) is 3.81. The van der Waals surface area contributed by atoms with Crippen LogP contribution in [0.2, 0.25) is 0 Å². The number of rotatable bonds is 13. The molecule has 2 amide bonds. The normalized spacial score (nSPS) is 16.7. The number of aldehydes is 1. The van der Waals surface area contributed by atoms with E-state index in [2.05, 4.69) is 27.1 Å². The van der Waals surface area contributed by atoms with E-state index in [-0.39, 0.29) is 23.8 Å². The molecule has 2 fully saturated rings. The largest absolute Gasteiger partial charge is 0.444 e. The highest BCUT2D eigenvalue weighted by Crippen LogP contribution is 2.25. The highest BCUT2D eigenvalue weighted by atomic mass is 16.6. The Kier molecular flexibility index (Phi) is 18.7. The molecule has 2 aliphatic rings. The second-order valence-electron chi connectivity index (χ2n) is 17.0. The molecule has 0 aliphatic carbocycles. The average molecular weight is 775 g/mol. The van der Waals surface area contributed by atoms with Crippen LogP contribution in [0, 0.1) is 11.8 Å². The van der Waals surface area contributed by atoms with Crippen molar-refractivity contribution in [3.63, 3.8) is 0 Å². The van der Waals surface area contributed by atoms with Crippen LogP contribution in [0.15, 0.2) is 48.8 Å². The Labute approximate surface area is 334 Å². The first kappa shape index (κ1) is 45.8. The Morgan fingerprint density at radius 3 is 1.84 bits per heavy atom. The number of amides is 2. The van der Waals surface area contributed by atoms with Gasteiger partial charge in [-0.15, -0.1) is 0 Å². The van der Waals surface area contributed by atoms with Gasteiger partial charge in [-0.05, 0) is 142 Å². The number of carbonyl (C=O) groups excluding carboxylic acids is 4. The molecule has 56 heavy (non-hydrogen) atoms. The van der Waals surface area contributed by atoms with E-state index in [1.807, 2.05) is 63.5 Å². The minimum atomic E-state index is -0.415. The molecule has 0 unspecified atom stereocenters. The highest BCUT2D eigenvalue weighted by molar-refractivity contribution is 5.81. The van der Waals surface area contributed by atoms with Gasteiger partial charge in [0.05, 0.1) is 5.56 Å². The zero-order valence-corrected chi connectivity index (χ0v) is 34.9. The van der Waals surface area contributed by atoms with E-state index in [1.54, 1.807) is 31.5 Å². The van der Waals surface area contributed by atoms with Crippen LogP contribution >= 0.6 is 0 Å². The van der Waals surface area contributed by atoms with Crippen LogP contribution in [0.5, 0.6) is 0 Å². The second-order valence-corrected chi connectivity index (χ2v) is 17.0. The number of ether oxygens (including phenoxy) is 2. The highest BCUT2D eigenvalue weighted by Gasteiger charge is 2.30. The van der Waals surface area contributed by atoms with Gasteiger partial charge in [-0.2, -0.15) is 0 Å². The number of likely N-dealkylation sites (tertiary alicyclic amines) is 2. The summed E-state index contributed by atoms with van der Waals surface area (Å²) in [7, 11) is 0. The molecular weight excluding hydrogens is 709 g/mol. The number of Topliss-reactive ketones (excluding diaryl/α,β-unsaturated/α-hetero) is 1. The molecular formula is C44H66N6O6. The number of anilines is 1. The van der Waals surface area contributed by atoms with Crippen LogP contribution in [-0.2, 0) is 20.7 Å². The number of nitrogen functional groups attached to an aromatic ring is 1. The van der Waals surface area contributed by atoms with Crippen molar-refractivity contribution >= 4 is 41.1 Å². The maximum absolute atomic E-state index is 12.1. The van der Waals surface area contributed by atoms with Crippen molar-refractivity contribution in [2.24, 2.45) is 11.8 Å². The molecule has 2 aliphatic heterocycles. The molecule has 3 aromatic rings. The number of unbranched alkanes of at least 4 members (excludes halogenated alkanes) is 4. The monoisotopic (exact) mass is 775 g/mol. The fourth-order valence-corrected chi connectivity index (χ4v) is 6.68. The number of nitrogens with two attached hydrogens (primary N) is 1. The minimum Gasteiger partial charge on any atom is -0.444 e. The van der Waals surface area contributed by atoms with Crippen molar-refractivity contribution in [1.29, 1.82) is 0 Å². The van der Waals surface area contributed by atoms with E-state index in [1.165, 1.54) is 19.3 Å². The SMILES string of the molecule is CC(=O)CCCCC[C@@H]1CCN(C(=O)OC(C)(C)C)C1.CC(C)(C)OC(=O)N1CC[C@@H](CCCCCc2ccc3cccnc3n2)C1.Nc1ncccc1C=O. The minimum absolute atomic E-state index is 0.166. The summed E-state index contributed by atoms with van der Waals surface area (Å²) in [4.78, 5) is 61.3. The van der Waals surface area contributed by atoms with Crippen molar-refractivity contribution in [2.75, 3.05) is 31.9 Å². The Morgan fingerprint density at radius 1 is 0.768 bits per heavy atom. The summed E-state index contributed by atoms with van der Waals surface area (Å²) in [6.07, 6.45) is 16.7. The first-order valence-corrected chi connectivity index (χ1v) is 20.3. The third-order valence-electron chi connectivity index (χ3n) is 9.58. The van der Waals surface area contributed by atoms with Crippen molar-refractivity contribution in [2.45, 2.75) is 137 Å². The van der Waals surface area contributed by atoms with Crippen molar-refractivity contribution < 1.29 is 28.7 Å². The van der Waals surface area contributed by atoms with Gasteiger partial charge in [0.25, 0.3) is 0 Å². The summed E-state index contributed by atoms with van der Waals surface area (Å²) in [6, 6.07) is 11.5. The van der Waals surface area contributed by atoms with Crippen LogP contribution in [0.25, 0.3) is 11.0 Å². The third-order valence-corrected chi connectivity index (χ3v) is 9.58. The Morgan fingerprint density at radius 2 is 1.32 bits per heavy atom. The zero-order chi connectivity index (χ0) is 41.1. The Hall–Kier alpha value is -4.61. The van der Waals surface area contributed by atoms with Gasteiger partial charge in [0.15, 0.2) is 11.9 Å². The molecule has 12 heteroatoms. The number of pyridine rings is 3. The molecule has 0 spiro atoms. The van der Waals surface area contributed by atoms with Gasteiger partial charge >= 0.3 is 12.2 Å². The Balaban J connectivity index is 0.000000253. The number of aromatic nitrogens is 3. The van der Waals surface area contributed by atoms with Gasteiger partial charge in [0.2, 0.25) is 0 Å². The number of hydrogen-bond acceptors (Lipinski definition) is 10. The topological polar surface area (TPSA) is 158 Å². The lowest BCUT2D eigenvalue weighted by Gasteiger charge is -2.24. The first-order valence-electron chi connectivity index (χ1n) is 20.3. The summed E-state index contributed by atoms with van der Waals surface area (Å²) < 4.78 is 10.9. The standard InChI is InChI=1S/C22H31N3O2.C16H29NO3.C6H6N2O/c1-22(2,3)27-21(26)25-15-13-17(16-25)8-5-4-6-10-19-12-11-18-9-7-14-23-20(18)24-19;1-13(18)8-6-5-7-9-14-10-11-17(12-14)15(19)20-16(2,3)4;7-6-5(4-9)2-1-3-8-6/h7,9,11-12,14,17H,4-6,8,10,13,15-16H2,1-3H3;14H,5-12H2,1-4H3;1-4H,(H2,7,8)/t17-;14-;/m11./s1. The summed E-state index contributed by atoms with van der Waals surface area (Å²) in [5.74, 6) is 1.77. The number of ketones is 1. The van der Waals surface area contributed by atoms with Crippen LogP contribution < -0.4 is 5.73 Å². The van der Waals surface area contributed by atoms with Gasteiger partial charge < -0.3 is 29.8 Å². The van der Waals surface area contributed by atoms with Crippen molar-refractivity contribution in [3.05, 3.63) is 60.0 Å². The van der Waals surface area contributed by atoms with Crippen LogP contribution in [-0.4, -0.2) is 86.4 Å². The summed E-state index contributed by atoms with van der Waals surface area (Å²) in [5.41, 5.74) is 6.86. The lowest BCUT2D eigenvalue weighted by molar-refractivity contribution is -0.117. The van der Waals surface area contributed by atoms with E-state index in [0.29, 0.717) is 30.1 Å². The third kappa shape index (κ3) is 17.9. The number of fused-ring (bicyclic) bond motifs is 1. The van der Waals surface area contributed by atoms with Gasteiger partial charge in [-0.25, -0.2) is 24.5 Å². The van der Waals surface area contributed by atoms with Crippen molar-refractivity contribution in [3.8, 4) is 0 Å². The number of aryl methyl sites for hydroxylation is 1. The first-order chi connectivity index (χ1) is 26.5. The lowest BCUT2D eigenvalue weighted by atomic mass is 10.00. The summed E-state index contributed by atoms with van der Waals surface area (Å²) >= 11 is 0. The predicted molar refractivity (Wildman–Crippen MR) is 221 cm³/mol. The second kappa shape index (κ2) is 22.8. The maximum atomic E-state index is 12.1. The molecule has 308 valence electrons. The van der Waals surface area contributed by atoms with Crippen molar-refractivity contribution in [1.82, 2.24) is 24.8 Å². The molecule has 0 bridgehead atoms. The molecule has 5 rings (SSSR count). The molecule has 3 aromatic heterocycles. The summed E-state index contributed by atoms with van der Waals surface area (Å²) in [6.45, 7) is 16.4. The van der Waals surface area contributed by atoms with Crippen LogP contribution in [0.1, 0.15) is 135 Å². The van der Waals surface area contributed by atoms with E-state index < -0.39 is 11.2 Å². The molecule has 2 saturated heterocycles. The molecule has 2 N–H and O–H groups in total. The quantitative estimate of drug-likeness (QED) is 0.131. The molecule has 5 heterocycles. The molecule has 0 saturated carbocycles. The van der Waals surface area contributed by atoms with E-state index in [0.717, 1.165) is 94.3 Å². The van der Waals surface area contributed by atoms with Gasteiger partial charge in [0.1, 0.15) is 22.8 Å². The van der Waals surface area contributed by atoms with Crippen LogP contribution in [0.4, 0.5) is 15.4 Å². The van der Waals surface area contributed by atoms with Gasteiger partial charge in [-0.3, -0.25) is 4.79 Å². The Bertz CT molecular complexity index is 1690. The van der Waals surface area contributed by atoms with Gasteiger partial charge in [-0.1, -0.05) is 25.7 Å². The van der Waals surface area contributed by atoms with E-state index in [4.69, 9.17) is 15.2 Å². The van der Waals surface area contributed by atoms with E-state index >= 15 is 0 Å². The van der Waals surface area contributed by atoms with Crippen LogP contribution in [0.3, 0.4) is 0 Å². The fourth-order valence-electron chi connectivity index (χ4n) is 6.68. The molecule has 0 radical (unpaired) electrons. The van der Waals surface area contributed by atoms with E-state index in [9.17, 15) is 19.2 Å². The molecule has 2 atom stereocenters. The maximum Gasteiger partial charge on any atom is 0.410 e. The number of hydrogen-bond donors (Lipinski definition) is 1. The smallest absolute Gasteiger partial charge is 0.410 e. The molecule has 12 nitrogen and oxygen atoms in total. The number of carbonyl (C=O) groups is 4. The fraction of sp³-hybridized carbons (Fsp3) is 0.614. The van der Waals surface area contributed by atoms with Gasteiger partial charge in [0, 0.05) is 56.1 Å².